The first-order valence-electron chi connectivity index (χ1n) is 4.71. The molecule has 1 rings (SSSR count). The second-order valence-electron chi connectivity index (χ2n) is 3.58. The zero-order valence-corrected chi connectivity index (χ0v) is 8.18. The third-order valence-corrected chi connectivity index (χ3v) is 1.95. The lowest BCUT2D eigenvalue weighted by Crippen LogP contribution is -2.20. The number of hydrogen-bond donors (Lipinski definition) is 2. The van der Waals surface area contributed by atoms with Gasteiger partial charge in [-0.15, -0.1) is 0 Å². The molecule has 3 atom stereocenters. The molecule has 1 heterocycles. The van der Waals surface area contributed by atoms with Crippen molar-refractivity contribution in [1.29, 1.82) is 0 Å². The van der Waals surface area contributed by atoms with Crippen LogP contribution in [0.15, 0.2) is 0 Å². The summed E-state index contributed by atoms with van der Waals surface area (Å²) in [5.74, 6) is -0.440. The number of aliphatic hydroxyl groups is 2. The first kappa shape index (κ1) is 11.4. The summed E-state index contributed by atoms with van der Waals surface area (Å²) < 4.78 is 9.98. The molecule has 0 saturated carbocycles. The van der Waals surface area contributed by atoms with Crippen LogP contribution in [0.5, 0.6) is 0 Å². The van der Waals surface area contributed by atoms with Crippen LogP contribution in [0.2, 0.25) is 0 Å². The molecule has 1 saturated heterocycles. The number of carbonyl (C=O) groups excluding carboxylic acids is 1. The highest BCUT2D eigenvalue weighted by atomic mass is 16.6. The molecule has 0 amide bonds. The summed E-state index contributed by atoms with van der Waals surface area (Å²) >= 11 is 0. The van der Waals surface area contributed by atoms with Gasteiger partial charge in [0.05, 0.1) is 31.3 Å². The summed E-state index contributed by atoms with van der Waals surface area (Å²) in [7, 11) is 0. The topological polar surface area (TPSA) is 76.0 Å². The lowest BCUT2D eigenvalue weighted by Gasteiger charge is -2.10. The Labute approximate surface area is 82.6 Å². The van der Waals surface area contributed by atoms with Crippen LogP contribution in [0.3, 0.4) is 0 Å². The molecule has 0 aromatic rings. The Morgan fingerprint density at radius 3 is 2.93 bits per heavy atom. The molecule has 82 valence electrons. The van der Waals surface area contributed by atoms with Crippen LogP contribution in [0.25, 0.3) is 0 Å². The second kappa shape index (κ2) is 5.29. The minimum absolute atomic E-state index is 0.00469. The number of esters is 1. The molecule has 2 N–H and O–H groups in total. The van der Waals surface area contributed by atoms with Crippen molar-refractivity contribution in [3.63, 3.8) is 0 Å². The first-order chi connectivity index (χ1) is 6.58. The van der Waals surface area contributed by atoms with E-state index in [0.29, 0.717) is 13.0 Å². The quantitative estimate of drug-likeness (QED) is 0.601. The zero-order valence-electron chi connectivity index (χ0n) is 8.18. The van der Waals surface area contributed by atoms with Crippen molar-refractivity contribution in [2.45, 2.75) is 38.1 Å². The van der Waals surface area contributed by atoms with Crippen molar-refractivity contribution in [3.8, 4) is 0 Å². The standard InChI is InChI=1S/C9H16O5/c1-6(10)2-9(12)14-5-8-3-7(11)4-13-8/h6-8,10-11H,2-5H2,1H3/t6-,7+,8+/m1/s1. The minimum atomic E-state index is -0.683. The molecule has 1 aliphatic heterocycles. The van der Waals surface area contributed by atoms with Crippen LogP contribution in [-0.4, -0.2) is 47.7 Å². The lowest BCUT2D eigenvalue weighted by atomic mass is 10.2. The monoisotopic (exact) mass is 204 g/mol. The zero-order chi connectivity index (χ0) is 10.6. The molecule has 14 heavy (non-hydrogen) atoms. The maximum Gasteiger partial charge on any atom is 0.308 e. The number of hydrogen-bond acceptors (Lipinski definition) is 5. The van der Waals surface area contributed by atoms with E-state index in [1.54, 1.807) is 0 Å². The fourth-order valence-electron chi connectivity index (χ4n) is 1.29. The van der Waals surface area contributed by atoms with Crippen LogP contribution in [0.4, 0.5) is 0 Å². The van der Waals surface area contributed by atoms with E-state index < -0.39 is 18.2 Å². The van der Waals surface area contributed by atoms with E-state index in [1.807, 2.05) is 0 Å². The summed E-state index contributed by atoms with van der Waals surface area (Å²) in [6.45, 7) is 1.98. The smallest absolute Gasteiger partial charge is 0.308 e. The highest BCUT2D eigenvalue weighted by Gasteiger charge is 2.24. The molecule has 5 nitrogen and oxygen atoms in total. The predicted molar refractivity (Wildman–Crippen MR) is 47.6 cm³/mol. The molecular weight excluding hydrogens is 188 g/mol. The Hall–Kier alpha value is -0.650. The van der Waals surface area contributed by atoms with Crippen molar-refractivity contribution in [2.24, 2.45) is 0 Å². The van der Waals surface area contributed by atoms with Gasteiger partial charge in [-0.1, -0.05) is 0 Å². The number of rotatable bonds is 4. The highest BCUT2D eigenvalue weighted by molar-refractivity contribution is 5.69. The fraction of sp³-hybridized carbons (Fsp3) is 0.889. The Kier molecular flexibility index (Phi) is 4.31. The molecule has 0 aliphatic carbocycles. The van der Waals surface area contributed by atoms with E-state index in [2.05, 4.69) is 0 Å². The largest absolute Gasteiger partial charge is 0.463 e. The van der Waals surface area contributed by atoms with Crippen molar-refractivity contribution in [2.75, 3.05) is 13.2 Å². The third kappa shape index (κ3) is 4.04. The maximum absolute atomic E-state index is 11.0. The average Bonchev–Trinajstić information content (AvgIpc) is 2.47. The summed E-state index contributed by atoms with van der Waals surface area (Å²) in [4.78, 5) is 11.0. The third-order valence-electron chi connectivity index (χ3n) is 1.95. The SMILES string of the molecule is C[C@@H](O)CC(=O)OC[C@@H]1C[C@H](O)CO1. The Morgan fingerprint density at radius 1 is 1.71 bits per heavy atom. The average molecular weight is 204 g/mol. The van der Waals surface area contributed by atoms with Gasteiger partial charge in [0.2, 0.25) is 0 Å². The van der Waals surface area contributed by atoms with Gasteiger partial charge in [-0.25, -0.2) is 0 Å². The second-order valence-corrected chi connectivity index (χ2v) is 3.58. The summed E-state index contributed by atoms with van der Waals surface area (Å²) in [6.07, 6.45) is -0.840. The van der Waals surface area contributed by atoms with Gasteiger partial charge in [0.1, 0.15) is 6.61 Å². The van der Waals surface area contributed by atoms with E-state index in [4.69, 9.17) is 19.7 Å². The molecule has 0 aromatic heterocycles. The van der Waals surface area contributed by atoms with Crippen molar-refractivity contribution < 1.29 is 24.5 Å². The summed E-state index contributed by atoms with van der Waals surface area (Å²) in [6, 6.07) is 0. The lowest BCUT2D eigenvalue weighted by molar-refractivity contribution is -0.148. The fourth-order valence-corrected chi connectivity index (χ4v) is 1.29. The van der Waals surface area contributed by atoms with Gasteiger partial charge in [0.25, 0.3) is 0 Å². The number of aliphatic hydroxyl groups excluding tert-OH is 2. The Balaban J connectivity index is 2.11. The van der Waals surface area contributed by atoms with Gasteiger partial charge in [0.15, 0.2) is 0 Å². The normalized spacial score (nSPS) is 28.8. The molecule has 1 aliphatic rings. The Bertz CT molecular complexity index is 192. The van der Waals surface area contributed by atoms with Crippen molar-refractivity contribution in [1.82, 2.24) is 0 Å². The number of ether oxygens (including phenoxy) is 2. The van der Waals surface area contributed by atoms with Crippen LogP contribution in [-0.2, 0) is 14.3 Å². The van der Waals surface area contributed by atoms with Crippen molar-refractivity contribution in [3.05, 3.63) is 0 Å². The molecule has 0 bridgehead atoms. The van der Waals surface area contributed by atoms with E-state index in [0.717, 1.165) is 0 Å². The van der Waals surface area contributed by atoms with Gasteiger partial charge in [0, 0.05) is 6.42 Å². The van der Waals surface area contributed by atoms with Crippen LogP contribution < -0.4 is 0 Å². The van der Waals surface area contributed by atoms with E-state index in [-0.39, 0.29) is 19.1 Å². The van der Waals surface area contributed by atoms with Gasteiger partial charge < -0.3 is 19.7 Å². The van der Waals surface area contributed by atoms with Crippen molar-refractivity contribution >= 4 is 5.97 Å². The summed E-state index contributed by atoms with van der Waals surface area (Å²) in [5.41, 5.74) is 0. The minimum Gasteiger partial charge on any atom is -0.463 e. The van der Waals surface area contributed by atoms with Crippen LogP contribution in [0.1, 0.15) is 19.8 Å². The molecule has 0 radical (unpaired) electrons. The molecule has 1 fully saturated rings. The van der Waals surface area contributed by atoms with Gasteiger partial charge in [-0.3, -0.25) is 4.79 Å². The molecule has 0 unspecified atom stereocenters. The molecule has 0 aromatic carbocycles. The number of carbonyl (C=O) groups is 1. The molecular formula is C9H16O5. The van der Waals surface area contributed by atoms with Crippen LogP contribution in [0, 0.1) is 0 Å². The first-order valence-corrected chi connectivity index (χ1v) is 4.71. The van der Waals surface area contributed by atoms with Gasteiger partial charge >= 0.3 is 5.97 Å². The molecule has 5 heteroatoms. The highest BCUT2D eigenvalue weighted by Crippen LogP contribution is 2.13. The molecule has 0 spiro atoms. The van der Waals surface area contributed by atoms with Crippen LogP contribution >= 0.6 is 0 Å². The van der Waals surface area contributed by atoms with Gasteiger partial charge in [-0.05, 0) is 6.92 Å². The maximum atomic E-state index is 11.0. The Morgan fingerprint density at radius 2 is 2.43 bits per heavy atom. The van der Waals surface area contributed by atoms with Gasteiger partial charge in [-0.2, -0.15) is 0 Å². The van der Waals surface area contributed by atoms with E-state index in [1.165, 1.54) is 6.92 Å². The van der Waals surface area contributed by atoms with E-state index in [9.17, 15) is 4.79 Å². The van der Waals surface area contributed by atoms with E-state index >= 15 is 0 Å². The summed E-state index contributed by atoms with van der Waals surface area (Å²) in [5, 5.41) is 18.0. The predicted octanol–water partition coefficient (Wildman–Crippen LogP) is -0.550.